The summed E-state index contributed by atoms with van der Waals surface area (Å²) in [6.45, 7) is 0. The van der Waals surface area contributed by atoms with Crippen molar-refractivity contribution in [3.63, 3.8) is 0 Å². The maximum absolute atomic E-state index is 14.6. The van der Waals surface area contributed by atoms with Gasteiger partial charge in [-0.25, -0.2) is 0 Å². The predicted molar refractivity (Wildman–Crippen MR) is 113 cm³/mol. The topological polar surface area (TPSA) is 80.3 Å². The van der Waals surface area contributed by atoms with Gasteiger partial charge in [-0.05, 0) is 48.5 Å². The second-order valence-electron chi connectivity index (χ2n) is 6.80. The van der Waals surface area contributed by atoms with Gasteiger partial charge in [0.15, 0.2) is 0 Å². The number of pyridine rings is 1. The number of anilines is 1. The first-order chi connectivity index (χ1) is 15.9. The number of nitrogens with one attached hydrogen (secondary N) is 2. The molecule has 0 radical (unpaired) electrons. The molecule has 34 heavy (non-hydrogen) atoms. The largest absolute Gasteiger partial charge is 0.457 e. The Bertz CT molecular complexity index is 1220. The number of ether oxygens (including phenoxy) is 1. The van der Waals surface area contributed by atoms with E-state index < -0.39 is 45.8 Å². The van der Waals surface area contributed by atoms with Crippen molar-refractivity contribution >= 4 is 29.1 Å². The molecule has 0 atom stereocenters. The molecule has 0 saturated carbocycles. The summed E-state index contributed by atoms with van der Waals surface area (Å²) in [7, 11) is 1.43. The molecule has 0 aliphatic heterocycles. The molecule has 0 bridgehead atoms. The van der Waals surface area contributed by atoms with E-state index in [-0.39, 0.29) is 17.2 Å². The summed E-state index contributed by atoms with van der Waals surface area (Å²) in [5.41, 5.74) is -2.41. The molecule has 2 amide bonds. The van der Waals surface area contributed by atoms with Crippen LogP contribution in [0.15, 0.2) is 60.8 Å². The molecule has 2 N–H and O–H groups in total. The highest BCUT2D eigenvalue weighted by Gasteiger charge is 2.41. The lowest BCUT2D eigenvalue weighted by Gasteiger charge is -2.18. The quantitative estimate of drug-likeness (QED) is 0.430. The number of amides is 2. The van der Waals surface area contributed by atoms with Gasteiger partial charge in [0.05, 0.1) is 10.6 Å². The van der Waals surface area contributed by atoms with Gasteiger partial charge in [0, 0.05) is 30.6 Å². The monoisotopic (exact) mass is 499 g/mol. The van der Waals surface area contributed by atoms with Gasteiger partial charge in [-0.1, -0.05) is 11.6 Å². The van der Waals surface area contributed by atoms with E-state index in [0.717, 1.165) is 24.3 Å². The lowest BCUT2D eigenvalue weighted by atomic mass is 10.1. The van der Waals surface area contributed by atoms with Crippen molar-refractivity contribution in [2.75, 3.05) is 12.4 Å². The van der Waals surface area contributed by atoms with Crippen molar-refractivity contribution < 1.29 is 36.3 Å². The number of aromatic nitrogens is 1. The molecule has 0 fully saturated rings. The van der Waals surface area contributed by atoms with Crippen LogP contribution in [-0.4, -0.2) is 23.8 Å². The van der Waals surface area contributed by atoms with Crippen LogP contribution in [0.2, 0.25) is 5.02 Å². The Hall–Kier alpha value is -3.73. The Morgan fingerprint density at radius 2 is 1.62 bits per heavy atom. The van der Waals surface area contributed by atoms with E-state index in [1.807, 2.05) is 0 Å². The van der Waals surface area contributed by atoms with E-state index in [1.165, 1.54) is 37.5 Å². The van der Waals surface area contributed by atoms with Crippen LogP contribution in [0.4, 0.5) is 27.6 Å². The van der Waals surface area contributed by atoms with Crippen LogP contribution in [0, 0.1) is 0 Å². The van der Waals surface area contributed by atoms with Gasteiger partial charge in [0.1, 0.15) is 17.2 Å². The molecule has 1 aromatic heterocycles. The summed E-state index contributed by atoms with van der Waals surface area (Å²) >= 11 is 5.49. The van der Waals surface area contributed by atoms with Gasteiger partial charge in [0.25, 0.3) is 11.8 Å². The third-order valence-electron chi connectivity index (χ3n) is 4.46. The average molecular weight is 500 g/mol. The van der Waals surface area contributed by atoms with Crippen molar-refractivity contribution in [3.8, 4) is 11.5 Å². The lowest BCUT2D eigenvalue weighted by Crippen LogP contribution is -2.32. The molecule has 0 aliphatic rings. The van der Waals surface area contributed by atoms with E-state index >= 15 is 0 Å². The number of carbonyl (C=O) groups excluding carboxylic acids is 2. The number of halogens is 6. The van der Waals surface area contributed by atoms with E-state index in [0.29, 0.717) is 6.07 Å². The molecule has 3 rings (SSSR count). The summed E-state index contributed by atoms with van der Waals surface area (Å²) in [5, 5.41) is 3.54. The van der Waals surface area contributed by atoms with E-state index in [2.05, 4.69) is 10.3 Å². The average Bonchev–Trinajstić information content (AvgIpc) is 2.79. The molecular weight excluding hydrogens is 485 g/mol. The van der Waals surface area contributed by atoms with Crippen molar-refractivity contribution in [1.29, 1.82) is 0 Å². The van der Waals surface area contributed by atoms with Crippen LogP contribution in [0.5, 0.6) is 11.5 Å². The standard InChI is InChI=1S/C22H15ClF5N3O3/c1-29-19(32)18-11-15(8-9-30-18)34-14-5-2-12(3-6-14)21(24,25)20(33)31-13-4-7-17(23)16(10-13)22(26,27)28/h2-11H,1H3,(H,29,32)(H,31,33). The fourth-order valence-electron chi connectivity index (χ4n) is 2.76. The smallest absolute Gasteiger partial charge is 0.417 e. The molecule has 178 valence electrons. The number of hydrogen-bond donors (Lipinski definition) is 2. The maximum atomic E-state index is 14.6. The number of carbonyl (C=O) groups is 2. The molecule has 3 aromatic rings. The molecule has 1 heterocycles. The minimum absolute atomic E-state index is 0.0794. The molecule has 2 aromatic carbocycles. The number of rotatable bonds is 6. The van der Waals surface area contributed by atoms with E-state index in [1.54, 1.807) is 5.32 Å². The molecule has 12 heteroatoms. The zero-order valence-electron chi connectivity index (χ0n) is 17.2. The Morgan fingerprint density at radius 3 is 2.24 bits per heavy atom. The van der Waals surface area contributed by atoms with Crippen molar-refractivity contribution in [2.45, 2.75) is 12.1 Å². The first kappa shape index (κ1) is 24.9. The molecule has 0 saturated heterocycles. The summed E-state index contributed by atoms with van der Waals surface area (Å²) in [4.78, 5) is 27.6. The fraction of sp³-hybridized carbons (Fsp3) is 0.136. The highest BCUT2D eigenvalue weighted by molar-refractivity contribution is 6.31. The molecule has 0 spiro atoms. The van der Waals surface area contributed by atoms with Crippen LogP contribution in [0.25, 0.3) is 0 Å². The number of hydrogen-bond acceptors (Lipinski definition) is 4. The van der Waals surface area contributed by atoms with Gasteiger partial charge in [-0.3, -0.25) is 14.6 Å². The highest BCUT2D eigenvalue weighted by Crippen LogP contribution is 2.37. The van der Waals surface area contributed by atoms with Gasteiger partial charge < -0.3 is 15.4 Å². The van der Waals surface area contributed by atoms with Crippen LogP contribution in [0.1, 0.15) is 21.6 Å². The Morgan fingerprint density at radius 1 is 0.941 bits per heavy atom. The number of benzene rings is 2. The second kappa shape index (κ2) is 9.64. The molecule has 0 unspecified atom stereocenters. The highest BCUT2D eigenvalue weighted by atomic mass is 35.5. The third kappa shape index (κ3) is 5.60. The predicted octanol–water partition coefficient (Wildman–Crippen LogP) is 5.64. The van der Waals surface area contributed by atoms with Gasteiger partial charge in [-0.15, -0.1) is 0 Å². The van der Waals surface area contributed by atoms with Gasteiger partial charge >= 0.3 is 12.1 Å². The van der Waals surface area contributed by atoms with Crippen LogP contribution >= 0.6 is 11.6 Å². The number of alkyl halides is 5. The third-order valence-corrected chi connectivity index (χ3v) is 4.79. The fourth-order valence-corrected chi connectivity index (χ4v) is 2.98. The van der Waals surface area contributed by atoms with Crippen molar-refractivity contribution in [3.05, 3.63) is 82.6 Å². The Balaban J connectivity index is 1.75. The zero-order valence-corrected chi connectivity index (χ0v) is 18.0. The normalized spacial score (nSPS) is 11.6. The van der Waals surface area contributed by atoms with Gasteiger partial charge in [-0.2, -0.15) is 22.0 Å². The maximum Gasteiger partial charge on any atom is 0.417 e. The lowest BCUT2D eigenvalue weighted by molar-refractivity contribution is -0.141. The summed E-state index contributed by atoms with van der Waals surface area (Å²) < 4.78 is 73.7. The molecule has 0 aliphatic carbocycles. The van der Waals surface area contributed by atoms with Crippen molar-refractivity contribution in [1.82, 2.24) is 10.3 Å². The van der Waals surface area contributed by atoms with Crippen molar-refractivity contribution in [2.24, 2.45) is 0 Å². The van der Waals surface area contributed by atoms with Crippen LogP contribution in [-0.2, 0) is 16.9 Å². The van der Waals surface area contributed by atoms with E-state index in [9.17, 15) is 31.5 Å². The van der Waals surface area contributed by atoms with Gasteiger partial charge in [0.2, 0.25) is 0 Å². The first-order valence-corrected chi connectivity index (χ1v) is 9.82. The number of nitrogens with zero attached hydrogens (tertiary/aromatic N) is 1. The SMILES string of the molecule is CNC(=O)c1cc(Oc2ccc(C(F)(F)C(=O)Nc3ccc(Cl)c(C(F)(F)F)c3)cc2)ccn1. The Kier molecular flexibility index (Phi) is 7.06. The summed E-state index contributed by atoms with van der Waals surface area (Å²) in [6, 6.07) is 9.27. The summed E-state index contributed by atoms with van der Waals surface area (Å²) in [5.74, 6) is -6.01. The van der Waals surface area contributed by atoms with E-state index in [4.69, 9.17) is 16.3 Å². The summed E-state index contributed by atoms with van der Waals surface area (Å²) in [6.07, 6.45) is -3.50. The van der Waals surface area contributed by atoms with Crippen LogP contribution < -0.4 is 15.4 Å². The zero-order chi connectivity index (χ0) is 25.1. The Labute approximate surface area is 194 Å². The molecular formula is C22H15ClF5N3O3. The minimum atomic E-state index is -4.83. The van der Waals surface area contributed by atoms with Crippen LogP contribution in [0.3, 0.4) is 0 Å². The first-order valence-electron chi connectivity index (χ1n) is 9.44. The molecule has 6 nitrogen and oxygen atoms in total. The second-order valence-corrected chi connectivity index (χ2v) is 7.21. The minimum Gasteiger partial charge on any atom is -0.457 e.